The Kier molecular flexibility index (Phi) is 6.67. The Morgan fingerprint density at radius 1 is 1.29 bits per heavy atom. The molecule has 3 heteroatoms. The summed E-state index contributed by atoms with van der Waals surface area (Å²) in [6.45, 7) is 6.75. The third kappa shape index (κ3) is 5.20. The summed E-state index contributed by atoms with van der Waals surface area (Å²) in [5.74, 6) is 0.901. The Bertz CT molecular complexity index is 315. The van der Waals surface area contributed by atoms with Crippen LogP contribution in [0.25, 0.3) is 0 Å². The third-order valence-electron chi connectivity index (χ3n) is 2.64. The van der Waals surface area contributed by atoms with Crippen LogP contribution in [0.2, 0.25) is 0 Å². The highest BCUT2D eigenvalue weighted by atomic mass is 16.5. The second kappa shape index (κ2) is 8.09. The Morgan fingerprint density at radius 2 is 2.12 bits per heavy atom. The molecule has 96 valence electrons. The van der Waals surface area contributed by atoms with Gasteiger partial charge in [0.15, 0.2) is 0 Å². The molecule has 0 saturated carbocycles. The van der Waals surface area contributed by atoms with E-state index in [1.807, 2.05) is 12.1 Å². The van der Waals surface area contributed by atoms with Crippen LogP contribution in [0.3, 0.4) is 0 Å². The van der Waals surface area contributed by atoms with E-state index in [0.29, 0.717) is 6.04 Å². The van der Waals surface area contributed by atoms with Crippen molar-refractivity contribution >= 4 is 0 Å². The lowest BCUT2D eigenvalue weighted by Gasteiger charge is -2.15. The van der Waals surface area contributed by atoms with Crippen molar-refractivity contribution < 1.29 is 9.47 Å². The van der Waals surface area contributed by atoms with Crippen molar-refractivity contribution in [2.45, 2.75) is 26.3 Å². The SMILES string of the molecule is CCCOCCN[C@H](C)c1cccc(OC)c1. The summed E-state index contributed by atoms with van der Waals surface area (Å²) in [6, 6.07) is 8.45. The van der Waals surface area contributed by atoms with E-state index in [1.54, 1.807) is 7.11 Å². The first kappa shape index (κ1) is 14.0. The number of rotatable bonds is 8. The van der Waals surface area contributed by atoms with E-state index >= 15 is 0 Å². The minimum absolute atomic E-state index is 0.315. The van der Waals surface area contributed by atoms with E-state index in [0.717, 1.165) is 31.9 Å². The van der Waals surface area contributed by atoms with Crippen LogP contribution >= 0.6 is 0 Å². The molecule has 1 rings (SSSR count). The minimum atomic E-state index is 0.315. The number of nitrogens with one attached hydrogen (secondary N) is 1. The van der Waals surface area contributed by atoms with Crippen molar-refractivity contribution in [3.63, 3.8) is 0 Å². The maximum Gasteiger partial charge on any atom is 0.119 e. The Morgan fingerprint density at radius 3 is 2.82 bits per heavy atom. The molecular formula is C14H23NO2. The van der Waals surface area contributed by atoms with E-state index in [1.165, 1.54) is 5.56 Å². The van der Waals surface area contributed by atoms with Crippen molar-refractivity contribution in [2.24, 2.45) is 0 Å². The molecule has 0 fully saturated rings. The van der Waals surface area contributed by atoms with E-state index in [-0.39, 0.29) is 0 Å². The van der Waals surface area contributed by atoms with Crippen LogP contribution in [0, 0.1) is 0 Å². The molecule has 0 amide bonds. The quantitative estimate of drug-likeness (QED) is 0.705. The number of methoxy groups -OCH3 is 1. The predicted octanol–water partition coefficient (Wildman–Crippen LogP) is 2.77. The average molecular weight is 237 g/mol. The Labute approximate surface area is 104 Å². The standard InChI is InChI=1S/C14H23NO2/c1-4-9-17-10-8-15-12(2)13-6-5-7-14(11-13)16-3/h5-7,11-12,15H,4,8-10H2,1-3H3/t12-/m1/s1. The summed E-state index contributed by atoms with van der Waals surface area (Å²) < 4.78 is 10.6. The molecule has 0 spiro atoms. The molecule has 0 aliphatic rings. The fourth-order valence-electron chi connectivity index (χ4n) is 1.62. The van der Waals surface area contributed by atoms with E-state index in [9.17, 15) is 0 Å². The van der Waals surface area contributed by atoms with Gasteiger partial charge in [-0.15, -0.1) is 0 Å². The molecule has 0 aromatic heterocycles. The topological polar surface area (TPSA) is 30.5 Å². The van der Waals surface area contributed by atoms with Crippen molar-refractivity contribution in [1.29, 1.82) is 0 Å². The first-order valence-corrected chi connectivity index (χ1v) is 6.23. The molecule has 1 atom stereocenters. The van der Waals surface area contributed by atoms with Crippen LogP contribution in [0.15, 0.2) is 24.3 Å². The number of ether oxygens (including phenoxy) is 2. The molecule has 0 heterocycles. The lowest BCUT2D eigenvalue weighted by atomic mass is 10.1. The highest BCUT2D eigenvalue weighted by Gasteiger charge is 2.04. The normalized spacial score (nSPS) is 12.4. The number of benzene rings is 1. The fraction of sp³-hybridized carbons (Fsp3) is 0.571. The minimum Gasteiger partial charge on any atom is -0.497 e. The first-order chi connectivity index (χ1) is 8.27. The van der Waals surface area contributed by atoms with Crippen molar-refractivity contribution in [2.75, 3.05) is 26.9 Å². The van der Waals surface area contributed by atoms with Crippen LogP contribution in [0.4, 0.5) is 0 Å². The van der Waals surface area contributed by atoms with Gasteiger partial charge in [-0.25, -0.2) is 0 Å². The van der Waals surface area contributed by atoms with Gasteiger partial charge in [0, 0.05) is 19.2 Å². The summed E-state index contributed by atoms with van der Waals surface area (Å²) in [4.78, 5) is 0. The summed E-state index contributed by atoms with van der Waals surface area (Å²) in [5, 5.41) is 3.43. The van der Waals surface area contributed by atoms with Gasteiger partial charge in [-0.2, -0.15) is 0 Å². The third-order valence-corrected chi connectivity index (χ3v) is 2.64. The summed E-state index contributed by atoms with van der Waals surface area (Å²) >= 11 is 0. The molecule has 0 aliphatic carbocycles. The van der Waals surface area contributed by atoms with Crippen LogP contribution in [-0.4, -0.2) is 26.9 Å². The molecule has 0 radical (unpaired) electrons. The monoisotopic (exact) mass is 237 g/mol. The lowest BCUT2D eigenvalue weighted by Crippen LogP contribution is -2.23. The predicted molar refractivity (Wildman–Crippen MR) is 70.5 cm³/mol. The first-order valence-electron chi connectivity index (χ1n) is 6.23. The van der Waals surface area contributed by atoms with Gasteiger partial charge >= 0.3 is 0 Å². The molecule has 1 aromatic carbocycles. The summed E-state index contributed by atoms with van der Waals surface area (Å²) in [6.07, 6.45) is 1.07. The van der Waals surface area contributed by atoms with E-state index < -0.39 is 0 Å². The van der Waals surface area contributed by atoms with Gasteiger partial charge in [0.25, 0.3) is 0 Å². The van der Waals surface area contributed by atoms with Gasteiger partial charge in [0.2, 0.25) is 0 Å². The van der Waals surface area contributed by atoms with Gasteiger partial charge in [-0.05, 0) is 31.0 Å². The molecule has 17 heavy (non-hydrogen) atoms. The van der Waals surface area contributed by atoms with Crippen LogP contribution in [0.5, 0.6) is 5.75 Å². The highest BCUT2D eigenvalue weighted by molar-refractivity contribution is 5.30. The maximum absolute atomic E-state index is 5.43. The van der Waals surface area contributed by atoms with Crippen LogP contribution in [-0.2, 0) is 4.74 Å². The zero-order valence-corrected chi connectivity index (χ0v) is 11.0. The molecule has 1 aromatic rings. The molecular weight excluding hydrogens is 214 g/mol. The van der Waals surface area contributed by atoms with Gasteiger partial charge in [-0.1, -0.05) is 19.1 Å². The van der Waals surface area contributed by atoms with Gasteiger partial charge < -0.3 is 14.8 Å². The molecule has 0 saturated heterocycles. The smallest absolute Gasteiger partial charge is 0.119 e. The van der Waals surface area contributed by atoms with Gasteiger partial charge in [-0.3, -0.25) is 0 Å². The van der Waals surface area contributed by atoms with Crippen LogP contribution in [0.1, 0.15) is 31.9 Å². The second-order valence-corrected chi connectivity index (χ2v) is 4.06. The Balaban J connectivity index is 2.33. The average Bonchev–Trinajstić information content (AvgIpc) is 2.38. The summed E-state index contributed by atoms with van der Waals surface area (Å²) in [7, 11) is 1.69. The van der Waals surface area contributed by atoms with Gasteiger partial charge in [0.1, 0.15) is 5.75 Å². The molecule has 3 nitrogen and oxygen atoms in total. The molecule has 1 N–H and O–H groups in total. The lowest BCUT2D eigenvalue weighted by molar-refractivity contribution is 0.135. The molecule has 0 bridgehead atoms. The van der Waals surface area contributed by atoms with E-state index in [2.05, 4.69) is 31.3 Å². The largest absolute Gasteiger partial charge is 0.497 e. The summed E-state index contributed by atoms with van der Waals surface area (Å²) in [5.41, 5.74) is 1.24. The zero-order chi connectivity index (χ0) is 12.5. The zero-order valence-electron chi connectivity index (χ0n) is 11.0. The van der Waals surface area contributed by atoms with Crippen molar-refractivity contribution in [3.05, 3.63) is 29.8 Å². The highest BCUT2D eigenvalue weighted by Crippen LogP contribution is 2.18. The van der Waals surface area contributed by atoms with Gasteiger partial charge in [0.05, 0.1) is 13.7 Å². The van der Waals surface area contributed by atoms with Crippen molar-refractivity contribution in [1.82, 2.24) is 5.32 Å². The number of hydrogen-bond donors (Lipinski definition) is 1. The van der Waals surface area contributed by atoms with Crippen molar-refractivity contribution in [3.8, 4) is 5.75 Å². The molecule has 0 aliphatic heterocycles. The van der Waals surface area contributed by atoms with Crippen LogP contribution < -0.4 is 10.1 Å². The maximum atomic E-state index is 5.43. The van der Waals surface area contributed by atoms with E-state index in [4.69, 9.17) is 9.47 Å². The number of hydrogen-bond acceptors (Lipinski definition) is 3. The molecule has 0 unspecified atom stereocenters. The second-order valence-electron chi connectivity index (χ2n) is 4.06. The fourth-order valence-corrected chi connectivity index (χ4v) is 1.62. The Hall–Kier alpha value is -1.06.